The number of nitro groups is 1. The van der Waals surface area contributed by atoms with Gasteiger partial charge < -0.3 is 0 Å². The molecule has 0 N–H and O–H groups in total. The highest BCUT2D eigenvalue weighted by Gasteiger charge is 2.23. The van der Waals surface area contributed by atoms with Crippen LogP contribution in [0.15, 0.2) is 12.1 Å². The minimum Gasteiger partial charge on any atom is -0.258 e. The van der Waals surface area contributed by atoms with Gasteiger partial charge in [0.15, 0.2) is 0 Å². The van der Waals surface area contributed by atoms with Crippen molar-refractivity contribution in [3.63, 3.8) is 0 Å². The molecule has 4 nitrogen and oxygen atoms in total. The molecule has 0 fully saturated rings. The summed E-state index contributed by atoms with van der Waals surface area (Å²) in [6.45, 7) is 0. The molecule has 0 atom stereocenters. The third kappa shape index (κ3) is 1.66. The van der Waals surface area contributed by atoms with Crippen molar-refractivity contribution in [2.45, 2.75) is 6.42 Å². The first-order valence-electron chi connectivity index (χ1n) is 3.56. The first-order chi connectivity index (χ1) is 6.57. The van der Waals surface area contributed by atoms with Crippen LogP contribution >= 0.6 is 0 Å². The van der Waals surface area contributed by atoms with E-state index < -0.39 is 34.2 Å². The number of hydrogen-bond donors (Lipinski definition) is 0. The molecule has 1 aromatic rings. The number of benzene rings is 1. The van der Waals surface area contributed by atoms with Gasteiger partial charge >= 0.3 is 5.69 Å². The predicted molar refractivity (Wildman–Crippen MR) is 42.3 cm³/mol. The van der Waals surface area contributed by atoms with E-state index in [1.54, 1.807) is 0 Å². The molecule has 0 heterocycles. The highest BCUT2D eigenvalue weighted by atomic mass is 19.1. The highest BCUT2D eigenvalue weighted by Crippen LogP contribution is 2.25. The van der Waals surface area contributed by atoms with Crippen molar-refractivity contribution in [2.75, 3.05) is 0 Å². The molecule has 6 heteroatoms. The summed E-state index contributed by atoms with van der Waals surface area (Å²) in [5.74, 6) is -2.08. The van der Waals surface area contributed by atoms with Gasteiger partial charge in [-0.3, -0.25) is 10.1 Å². The van der Waals surface area contributed by atoms with Crippen LogP contribution in [0.4, 0.5) is 14.5 Å². The number of hydrogen-bond acceptors (Lipinski definition) is 3. The van der Waals surface area contributed by atoms with Crippen LogP contribution in [0.5, 0.6) is 0 Å². The molecule has 0 aromatic heterocycles. The van der Waals surface area contributed by atoms with Crippen LogP contribution in [0.3, 0.4) is 0 Å². The molecule has 0 aliphatic heterocycles. The maximum Gasteiger partial charge on any atom is 0.311 e. The fourth-order valence-electron chi connectivity index (χ4n) is 1.03. The van der Waals surface area contributed by atoms with Gasteiger partial charge in [-0.05, 0) is 12.1 Å². The SMILES string of the molecule is N#CCc1c(F)ccc(F)c1[N+](=O)[O-]. The summed E-state index contributed by atoms with van der Waals surface area (Å²) in [6.07, 6.45) is -0.528. The molecule has 0 aliphatic carbocycles. The van der Waals surface area contributed by atoms with Gasteiger partial charge in [-0.1, -0.05) is 0 Å². The smallest absolute Gasteiger partial charge is 0.258 e. The molecule has 14 heavy (non-hydrogen) atoms. The van der Waals surface area contributed by atoms with Crippen LogP contribution < -0.4 is 0 Å². The zero-order valence-electron chi connectivity index (χ0n) is 6.83. The van der Waals surface area contributed by atoms with E-state index in [0.717, 1.165) is 6.07 Å². The van der Waals surface area contributed by atoms with Crippen LogP contribution in [0.2, 0.25) is 0 Å². The van der Waals surface area contributed by atoms with E-state index in [2.05, 4.69) is 0 Å². The van der Waals surface area contributed by atoms with Crippen LogP contribution in [0, 0.1) is 33.1 Å². The molecule has 0 aliphatic rings. The van der Waals surface area contributed by atoms with Crippen molar-refractivity contribution in [3.05, 3.63) is 39.4 Å². The summed E-state index contributed by atoms with van der Waals surface area (Å²) in [5.41, 5.74) is -1.48. The van der Waals surface area contributed by atoms with Gasteiger partial charge in [0, 0.05) is 0 Å². The summed E-state index contributed by atoms with van der Waals surface area (Å²) >= 11 is 0. The van der Waals surface area contributed by atoms with Crippen molar-refractivity contribution in [1.29, 1.82) is 5.26 Å². The van der Waals surface area contributed by atoms with Gasteiger partial charge in [0.05, 0.1) is 23.0 Å². The molecule has 0 spiro atoms. The second-order valence-corrected chi connectivity index (χ2v) is 2.45. The van der Waals surface area contributed by atoms with E-state index in [1.807, 2.05) is 0 Å². The molecule has 0 unspecified atom stereocenters. The minimum absolute atomic E-state index is 0.516. The van der Waals surface area contributed by atoms with E-state index >= 15 is 0 Å². The van der Waals surface area contributed by atoms with Gasteiger partial charge in [-0.15, -0.1) is 0 Å². The van der Waals surface area contributed by atoms with E-state index in [9.17, 15) is 18.9 Å². The van der Waals surface area contributed by atoms with Gasteiger partial charge in [-0.2, -0.15) is 9.65 Å². The number of rotatable bonds is 2. The maximum absolute atomic E-state index is 13.0. The van der Waals surface area contributed by atoms with Crippen LogP contribution in [0.25, 0.3) is 0 Å². The summed E-state index contributed by atoms with van der Waals surface area (Å²) in [5, 5.41) is 18.6. The summed E-state index contributed by atoms with van der Waals surface area (Å²) in [7, 11) is 0. The minimum atomic E-state index is -1.14. The Balaban J connectivity index is 3.43. The maximum atomic E-state index is 13.0. The Hall–Kier alpha value is -2.03. The third-order valence-corrected chi connectivity index (χ3v) is 1.61. The number of nitrogens with zero attached hydrogens (tertiary/aromatic N) is 2. The topological polar surface area (TPSA) is 66.9 Å². The summed E-state index contributed by atoms with van der Waals surface area (Å²) < 4.78 is 25.8. The van der Waals surface area contributed by atoms with Gasteiger partial charge in [0.2, 0.25) is 5.82 Å². The van der Waals surface area contributed by atoms with Crippen molar-refractivity contribution in [1.82, 2.24) is 0 Å². The molecule has 0 amide bonds. The van der Waals surface area contributed by atoms with Gasteiger partial charge in [-0.25, -0.2) is 4.39 Å². The molecule has 72 valence electrons. The lowest BCUT2D eigenvalue weighted by Gasteiger charge is -2.00. The van der Waals surface area contributed by atoms with E-state index in [-0.39, 0.29) is 0 Å². The Morgan fingerprint density at radius 1 is 1.43 bits per heavy atom. The zero-order chi connectivity index (χ0) is 10.7. The monoisotopic (exact) mass is 198 g/mol. The molecule has 1 rings (SSSR count). The Morgan fingerprint density at radius 3 is 2.50 bits per heavy atom. The van der Waals surface area contributed by atoms with Gasteiger partial charge in [0.1, 0.15) is 5.82 Å². The van der Waals surface area contributed by atoms with Crippen molar-refractivity contribution in [3.8, 4) is 6.07 Å². The summed E-state index contributed by atoms with van der Waals surface area (Å²) in [6, 6.07) is 2.96. The average Bonchev–Trinajstić information content (AvgIpc) is 2.11. The van der Waals surface area contributed by atoms with E-state index in [1.165, 1.54) is 6.07 Å². The summed E-state index contributed by atoms with van der Waals surface area (Å²) in [4.78, 5) is 9.32. The van der Waals surface area contributed by atoms with E-state index in [4.69, 9.17) is 5.26 Å². The largest absolute Gasteiger partial charge is 0.311 e. The molecule has 0 saturated carbocycles. The second-order valence-electron chi connectivity index (χ2n) is 2.45. The van der Waals surface area contributed by atoms with Gasteiger partial charge in [0.25, 0.3) is 0 Å². The lowest BCUT2D eigenvalue weighted by atomic mass is 10.1. The van der Waals surface area contributed by atoms with Crippen molar-refractivity contribution in [2.24, 2.45) is 0 Å². The van der Waals surface area contributed by atoms with Crippen molar-refractivity contribution >= 4 is 5.69 Å². The molecular formula is C8H4F2N2O2. The third-order valence-electron chi connectivity index (χ3n) is 1.61. The van der Waals surface area contributed by atoms with Crippen LogP contribution in [-0.2, 0) is 6.42 Å². The van der Waals surface area contributed by atoms with Crippen LogP contribution in [-0.4, -0.2) is 4.92 Å². The Kier molecular flexibility index (Phi) is 2.72. The fourth-order valence-corrected chi connectivity index (χ4v) is 1.03. The molecule has 0 radical (unpaired) electrons. The van der Waals surface area contributed by atoms with Crippen molar-refractivity contribution < 1.29 is 13.7 Å². The quantitative estimate of drug-likeness (QED) is 0.538. The lowest BCUT2D eigenvalue weighted by molar-refractivity contribution is -0.388. The highest BCUT2D eigenvalue weighted by molar-refractivity contribution is 5.43. The number of nitriles is 1. The number of halogens is 2. The lowest BCUT2D eigenvalue weighted by Crippen LogP contribution is -2.01. The first kappa shape index (κ1) is 10.1. The average molecular weight is 198 g/mol. The fraction of sp³-hybridized carbons (Fsp3) is 0.125. The molecular weight excluding hydrogens is 194 g/mol. The standard InChI is InChI=1S/C8H4F2N2O2/c9-6-1-2-7(10)8(12(13)14)5(6)3-4-11/h1-2H,3H2. The molecule has 0 saturated heterocycles. The first-order valence-corrected chi connectivity index (χ1v) is 3.56. The zero-order valence-corrected chi connectivity index (χ0v) is 6.83. The van der Waals surface area contributed by atoms with E-state index in [0.29, 0.717) is 6.07 Å². The second kappa shape index (κ2) is 3.79. The Morgan fingerprint density at radius 2 is 2.00 bits per heavy atom. The Labute approximate surface area is 77.5 Å². The number of nitro benzene ring substituents is 1. The van der Waals surface area contributed by atoms with Crippen LogP contribution in [0.1, 0.15) is 5.56 Å². The predicted octanol–water partition coefficient (Wildman–Crippen LogP) is 1.94. The molecule has 0 bridgehead atoms. The molecule has 1 aromatic carbocycles. The normalized spacial score (nSPS) is 9.50. The Bertz CT molecular complexity index is 426.